The van der Waals surface area contributed by atoms with E-state index in [1.54, 1.807) is 0 Å². The van der Waals surface area contributed by atoms with Crippen molar-refractivity contribution in [3.8, 4) is 11.5 Å². The first kappa shape index (κ1) is 57.0. The van der Waals surface area contributed by atoms with Gasteiger partial charge < -0.3 is 45.5 Å². The summed E-state index contributed by atoms with van der Waals surface area (Å²) in [5, 5.41) is 48.6. The van der Waals surface area contributed by atoms with Crippen molar-refractivity contribution in [1.29, 1.82) is 0 Å². The molecule has 4 aromatic carbocycles. The molecule has 0 aromatic heterocycles. The Balaban J connectivity index is -0.000000525. The molecule has 0 heterocycles. The summed E-state index contributed by atoms with van der Waals surface area (Å²) in [6, 6.07) is 29.6. The normalized spacial score (nSPS) is 9.16. The third-order valence-electron chi connectivity index (χ3n) is 7.14. The number of aliphatic hydroxyl groups is 4. The van der Waals surface area contributed by atoms with Gasteiger partial charge in [-0.2, -0.15) is 0 Å². The fourth-order valence-corrected chi connectivity index (χ4v) is 5.18. The van der Waals surface area contributed by atoms with Crippen LogP contribution in [0, 0.1) is 42.5 Å². The van der Waals surface area contributed by atoms with E-state index in [2.05, 4.69) is 94.7 Å². The van der Waals surface area contributed by atoms with Crippen molar-refractivity contribution < 1.29 is 74.1 Å². The first-order chi connectivity index (χ1) is 22.3. The Labute approximate surface area is 333 Å². The molecule has 0 atom stereocenters. The molecule has 6 N–H and O–H groups in total. The number of aromatic hydroxyl groups is 2. The van der Waals surface area contributed by atoms with E-state index in [4.69, 9.17) is 20.4 Å². The molecular weight excluding hydrogens is 700 g/mol. The van der Waals surface area contributed by atoms with Crippen molar-refractivity contribution >= 4 is 0 Å². The van der Waals surface area contributed by atoms with Crippen LogP contribution in [0.5, 0.6) is 11.5 Å². The predicted molar refractivity (Wildman–Crippen MR) is 202 cm³/mol. The molecule has 278 valence electrons. The molecular formula is C40H62N2O6Ti2-2. The monoisotopic (exact) mass is 762 g/mol. The smallest absolute Gasteiger partial charge is 0.121 e. The zero-order valence-electron chi connectivity index (χ0n) is 31.9. The summed E-state index contributed by atoms with van der Waals surface area (Å²) in [6.07, 6.45) is 0. The third-order valence-corrected chi connectivity index (χ3v) is 7.14. The summed E-state index contributed by atoms with van der Waals surface area (Å²) in [6.45, 7) is 13.0. The molecule has 10 heteroatoms. The average molecular weight is 763 g/mol. The van der Waals surface area contributed by atoms with E-state index in [-0.39, 0.29) is 58.3 Å². The number of aliphatic hydroxyl groups excluding tert-OH is 4. The van der Waals surface area contributed by atoms with Crippen molar-refractivity contribution in [3.05, 3.63) is 144 Å². The molecule has 0 aliphatic carbocycles. The van der Waals surface area contributed by atoms with Crippen LogP contribution in [0.4, 0.5) is 0 Å². The van der Waals surface area contributed by atoms with Gasteiger partial charge in [-0.3, -0.25) is 9.80 Å². The van der Waals surface area contributed by atoms with Gasteiger partial charge in [-0.05, 0) is 72.2 Å². The Kier molecular flexibility index (Phi) is 38.5. The summed E-state index contributed by atoms with van der Waals surface area (Å²) in [4.78, 5) is 4.98. The molecule has 0 bridgehead atoms. The van der Waals surface area contributed by atoms with E-state index in [1.807, 2.05) is 27.7 Å². The second-order valence-corrected chi connectivity index (χ2v) is 10.5. The van der Waals surface area contributed by atoms with Crippen LogP contribution in [-0.4, -0.2) is 82.0 Å². The van der Waals surface area contributed by atoms with Crippen LogP contribution in [-0.2, 0) is 69.6 Å². The van der Waals surface area contributed by atoms with Gasteiger partial charge in [-0.15, -0.1) is 0 Å². The zero-order chi connectivity index (χ0) is 35.1. The first-order valence-electron chi connectivity index (χ1n) is 15.2. The number of hydrogen-bond donors (Lipinski definition) is 6. The number of rotatable bonds is 11. The third kappa shape index (κ3) is 20.5. The van der Waals surface area contributed by atoms with Crippen molar-refractivity contribution in [2.45, 2.75) is 53.9 Å². The molecule has 0 spiro atoms. The van der Waals surface area contributed by atoms with Crippen molar-refractivity contribution in [3.63, 3.8) is 0 Å². The number of hydrogen-bond acceptors (Lipinski definition) is 8. The molecule has 4 aromatic rings. The van der Waals surface area contributed by atoms with Gasteiger partial charge in [0.15, 0.2) is 0 Å². The van der Waals surface area contributed by atoms with Gasteiger partial charge in [0.25, 0.3) is 0 Å². The molecule has 0 amide bonds. The fourth-order valence-electron chi connectivity index (χ4n) is 5.18. The molecule has 0 unspecified atom stereocenters. The minimum absolute atomic E-state index is 0. The maximum Gasteiger partial charge on any atom is 0.121 e. The second kappa shape index (κ2) is 33.8. The van der Waals surface area contributed by atoms with Gasteiger partial charge in [0.05, 0.1) is 0 Å². The van der Waals surface area contributed by atoms with Crippen LogP contribution in [0.3, 0.4) is 0 Å². The number of phenols is 2. The molecule has 8 nitrogen and oxygen atoms in total. The van der Waals surface area contributed by atoms with Crippen molar-refractivity contribution in [1.82, 2.24) is 9.80 Å². The van der Waals surface area contributed by atoms with Crippen molar-refractivity contribution in [2.24, 2.45) is 0 Å². The summed E-state index contributed by atoms with van der Waals surface area (Å²) < 4.78 is 0. The second-order valence-electron chi connectivity index (χ2n) is 10.5. The van der Waals surface area contributed by atoms with Gasteiger partial charge in [0.2, 0.25) is 0 Å². The van der Waals surface area contributed by atoms with Gasteiger partial charge in [-0.25, -0.2) is 0 Å². The largest absolute Gasteiger partial charge is 0.507 e. The Morgan fingerprint density at radius 2 is 0.620 bits per heavy atom. The van der Waals surface area contributed by atoms with E-state index >= 15 is 0 Å². The molecule has 0 aliphatic rings. The first-order valence-corrected chi connectivity index (χ1v) is 15.2. The van der Waals surface area contributed by atoms with Gasteiger partial charge in [0, 0.05) is 111 Å². The quantitative estimate of drug-likeness (QED) is 0.0770. The standard InChI is InChI=1S/C34H40N2O2.4CH4O.2CH3.2Ti/c1-25-17-31(18-26(2)33(25)37)23-35(21-29-11-7-5-8-12-29)15-16-36(22-30-13-9-6-10-14-30)24-32-19-27(3)34(38)28(4)20-32;4*1-2;;;;/h5-14,17-20,37-38H,15-16,21-24H2,1-4H3;4*2H,1H3;2*1H3;;/q;;;;;2*-1;;. The van der Waals surface area contributed by atoms with Gasteiger partial charge in [-0.1, -0.05) is 84.9 Å². The van der Waals surface area contributed by atoms with Crippen LogP contribution in [0.2, 0.25) is 0 Å². The van der Waals surface area contributed by atoms with E-state index in [0.717, 1.165) is 90.0 Å². The summed E-state index contributed by atoms with van der Waals surface area (Å²) in [5.41, 5.74) is 8.69. The summed E-state index contributed by atoms with van der Waals surface area (Å²) >= 11 is 0. The van der Waals surface area contributed by atoms with Gasteiger partial charge >= 0.3 is 0 Å². The molecule has 4 rings (SSSR count). The number of benzene rings is 4. The van der Waals surface area contributed by atoms with Crippen LogP contribution in [0.1, 0.15) is 44.5 Å². The van der Waals surface area contributed by atoms with Crippen LogP contribution in [0.25, 0.3) is 0 Å². The van der Waals surface area contributed by atoms with E-state index < -0.39 is 0 Å². The van der Waals surface area contributed by atoms with E-state index in [9.17, 15) is 10.2 Å². The minimum atomic E-state index is 0. The Bertz CT molecular complexity index is 1210. The Hall–Kier alpha value is -2.33. The Morgan fingerprint density at radius 3 is 0.860 bits per heavy atom. The number of aryl methyl sites for hydroxylation is 4. The molecule has 0 fully saturated rings. The van der Waals surface area contributed by atoms with Gasteiger partial charge in [0.1, 0.15) is 11.5 Å². The number of nitrogens with zero attached hydrogens (tertiary/aromatic N) is 2. The molecule has 0 saturated carbocycles. The maximum absolute atomic E-state index is 10.3. The maximum atomic E-state index is 10.3. The topological polar surface area (TPSA) is 128 Å². The molecule has 50 heavy (non-hydrogen) atoms. The fraction of sp³-hybridized carbons (Fsp3) is 0.350. The van der Waals surface area contributed by atoms with Crippen LogP contribution >= 0.6 is 0 Å². The predicted octanol–water partition coefficient (Wildman–Crippen LogP) is 6.37. The van der Waals surface area contributed by atoms with E-state index in [0.29, 0.717) is 11.5 Å². The van der Waals surface area contributed by atoms with E-state index in [1.165, 1.54) is 22.3 Å². The Morgan fingerprint density at radius 1 is 0.400 bits per heavy atom. The average Bonchev–Trinajstić information content (AvgIpc) is 3.09. The summed E-state index contributed by atoms with van der Waals surface area (Å²) in [5.74, 6) is 0.772. The number of phenolic OH excluding ortho intramolecular Hbond substituents is 2. The van der Waals surface area contributed by atoms with Crippen molar-refractivity contribution in [2.75, 3.05) is 41.5 Å². The van der Waals surface area contributed by atoms with Crippen LogP contribution < -0.4 is 0 Å². The summed E-state index contributed by atoms with van der Waals surface area (Å²) in [7, 11) is 4.00. The zero-order valence-corrected chi connectivity index (χ0v) is 35.0. The molecule has 0 aliphatic heterocycles. The molecule has 0 saturated heterocycles. The molecule has 0 radical (unpaired) electrons. The minimum Gasteiger partial charge on any atom is -0.507 e. The SMILES string of the molecule is CO.CO.CO.CO.Cc1cc(CN(CCN(Cc2ccccc2)Cc2cc(C)c(O)c(C)c2)Cc2ccccc2)cc(C)c1O.[CH3-].[CH3-].[Ti].[Ti]. The van der Waals surface area contributed by atoms with Crippen LogP contribution in [0.15, 0.2) is 84.9 Å².